The van der Waals surface area contributed by atoms with E-state index in [9.17, 15) is 4.79 Å². The van der Waals surface area contributed by atoms with Crippen LogP contribution < -0.4 is 5.32 Å². The number of carbonyl (C=O) groups is 1. The Morgan fingerprint density at radius 3 is 2.92 bits per heavy atom. The molecule has 1 amide bonds. The van der Waals surface area contributed by atoms with Gasteiger partial charge in [0.2, 0.25) is 11.0 Å². The van der Waals surface area contributed by atoms with Crippen LogP contribution in [0.4, 0.5) is 10.8 Å². The molecule has 1 aliphatic rings. The number of hydrogen-bond donors (Lipinski definition) is 1. The first-order chi connectivity index (χ1) is 12.2. The van der Waals surface area contributed by atoms with Crippen molar-refractivity contribution in [2.45, 2.75) is 24.6 Å². The lowest BCUT2D eigenvalue weighted by Crippen LogP contribution is -2.41. The van der Waals surface area contributed by atoms with Crippen molar-refractivity contribution < 1.29 is 9.53 Å². The molecule has 1 saturated heterocycles. The van der Waals surface area contributed by atoms with Gasteiger partial charge in [-0.3, -0.25) is 4.79 Å². The van der Waals surface area contributed by atoms with Gasteiger partial charge < -0.3 is 15.0 Å². The molecule has 0 saturated carbocycles. The van der Waals surface area contributed by atoms with Gasteiger partial charge in [0, 0.05) is 18.8 Å². The molecule has 0 aliphatic carbocycles. The normalized spacial score (nSPS) is 14.6. The van der Waals surface area contributed by atoms with Crippen molar-refractivity contribution >= 4 is 39.8 Å². The van der Waals surface area contributed by atoms with E-state index in [1.165, 1.54) is 34.2 Å². The summed E-state index contributed by atoms with van der Waals surface area (Å²) in [6, 6.07) is 6.27. The predicted molar refractivity (Wildman–Crippen MR) is 102 cm³/mol. The fraction of sp³-hybridized carbons (Fsp3) is 0.471. The second-order valence-corrected chi connectivity index (χ2v) is 7.94. The summed E-state index contributed by atoms with van der Waals surface area (Å²) in [5, 5.41) is 12.5. The number of thioether (sulfide) groups is 1. The van der Waals surface area contributed by atoms with Crippen molar-refractivity contribution in [1.29, 1.82) is 0 Å². The summed E-state index contributed by atoms with van der Waals surface area (Å²) in [5.74, 6) is 0.518. The molecule has 1 aromatic heterocycles. The SMILES string of the molecule is CCc1cccc(C)c1Nc1nnc(SCC(=O)N2CCOCC2)s1. The first-order valence-corrected chi connectivity index (χ1v) is 10.1. The molecule has 2 heterocycles. The number of ether oxygens (including phenoxy) is 1. The molecule has 25 heavy (non-hydrogen) atoms. The molecule has 0 radical (unpaired) electrons. The van der Waals surface area contributed by atoms with Crippen LogP contribution in [0.1, 0.15) is 18.1 Å². The number of nitrogens with one attached hydrogen (secondary N) is 1. The highest BCUT2D eigenvalue weighted by molar-refractivity contribution is 8.01. The van der Waals surface area contributed by atoms with Crippen molar-refractivity contribution in [2.75, 3.05) is 37.4 Å². The Morgan fingerprint density at radius 2 is 2.16 bits per heavy atom. The average molecular weight is 379 g/mol. The van der Waals surface area contributed by atoms with E-state index in [0.717, 1.165) is 21.6 Å². The quantitative estimate of drug-likeness (QED) is 0.779. The lowest BCUT2D eigenvalue weighted by molar-refractivity contribution is -0.132. The van der Waals surface area contributed by atoms with Crippen molar-refractivity contribution in [1.82, 2.24) is 15.1 Å². The molecular weight excluding hydrogens is 356 g/mol. The summed E-state index contributed by atoms with van der Waals surface area (Å²) in [6.45, 7) is 6.82. The molecule has 2 aromatic rings. The number of nitrogens with zero attached hydrogens (tertiary/aromatic N) is 3. The van der Waals surface area contributed by atoms with E-state index in [2.05, 4.69) is 47.6 Å². The van der Waals surface area contributed by atoms with Crippen molar-refractivity contribution in [3.8, 4) is 0 Å². The van der Waals surface area contributed by atoms with Gasteiger partial charge in [0.25, 0.3) is 0 Å². The first kappa shape index (κ1) is 18.2. The number of amides is 1. The van der Waals surface area contributed by atoms with Gasteiger partial charge in [0.1, 0.15) is 0 Å². The maximum atomic E-state index is 12.2. The minimum Gasteiger partial charge on any atom is -0.378 e. The number of aromatic nitrogens is 2. The Bertz CT molecular complexity index is 729. The smallest absolute Gasteiger partial charge is 0.233 e. The molecule has 3 rings (SSSR count). The number of anilines is 2. The van der Waals surface area contributed by atoms with Gasteiger partial charge in [-0.15, -0.1) is 10.2 Å². The molecule has 6 nitrogen and oxygen atoms in total. The van der Waals surface area contributed by atoms with Gasteiger partial charge >= 0.3 is 0 Å². The largest absolute Gasteiger partial charge is 0.378 e. The Hall–Kier alpha value is -1.64. The molecule has 1 fully saturated rings. The molecule has 0 atom stereocenters. The fourth-order valence-corrected chi connectivity index (χ4v) is 4.31. The molecule has 1 N–H and O–H groups in total. The summed E-state index contributed by atoms with van der Waals surface area (Å²) < 4.78 is 6.07. The van der Waals surface area contributed by atoms with E-state index in [1.54, 1.807) is 0 Å². The molecule has 0 unspecified atom stereocenters. The van der Waals surface area contributed by atoms with Gasteiger partial charge in [-0.05, 0) is 24.5 Å². The van der Waals surface area contributed by atoms with Crippen LogP contribution in [-0.4, -0.2) is 53.1 Å². The summed E-state index contributed by atoms with van der Waals surface area (Å²) in [6.07, 6.45) is 0.957. The molecule has 1 aliphatic heterocycles. The second-order valence-electron chi connectivity index (χ2n) is 5.74. The third-order valence-electron chi connectivity index (χ3n) is 4.06. The van der Waals surface area contributed by atoms with Crippen LogP contribution in [0.5, 0.6) is 0 Å². The topological polar surface area (TPSA) is 67.4 Å². The maximum Gasteiger partial charge on any atom is 0.233 e. The minimum absolute atomic E-state index is 0.130. The highest BCUT2D eigenvalue weighted by Crippen LogP contribution is 2.30. The first-order valence-electron chi connectivity index (χ1n) is 8.34. The summed E-state index contributed by atoms with van der Waals surface area (Å²) in [5.41, 5.74) is 3.54. The predicted octanol–water partition coefficient (Wildman–Crippen LogP) is 3.10. The molecule has 0 bridgehead atoms. The number of carbonyl (C=O) groups excluding carboxylic acids is 1. The number of morpholine rings is 1. The Kier molecular flexibility index (Phi) is 6.28. The summed E-state index contributed by atoms with van der Waals surface area (Å²) in [7, 11) is 0. The monoisotopic (exact) mass is 378 g/mol. The highest BCUT2D eigenvalue weighted by Gasteiger charge is 2.18. The van der Waals surface area contributed by atoms with E-state index in [0.29, 0.717) is 32.1 Å². The zero-order chi connectivity index (χ0) is 17.6. The zero-order valence-electron chi connectivity index (χ0n) is 14.4. The lowest BCUT2D eigenvalue weighted by Gasteiger charge is -2.26. The van der Waals surface area contributed by atoms with Crippen LogP contribution in [0.15, 0.2) is 22.5 Å². The molecule has 0 spiro atoms. The number of para-hydroxylation sites is 1. The van der Waals surface area contributed by atoms with E-state index in [4.69, 9.17) is 4.74 Å². The highest BCUT2D eigenvalue weighted by atomic mass is 32.2. The van der Waals surface area contributed by atoms with E-state index < -0.39 is 0 Å². The number of benzene rings is 1. The van der Waals surface area contributed by atoms with Crippen LogP contribution in [0.25, 0.3) is 0 Å². The lowest BCUT2D eigenvalue weighted by atomic mass is 10.1. The van der Waals surface area contributed by atoms with E-state index in [-0.39, 0.29) is 5.91 Å². The zero-order valence-corrected chi connectivity index (χ0v) is 16.1. The van der Waals surface area contributed by atoms with Gasteiger partial charge in [0.15, 0.2) is 4.34 Å². The van der Waals surface area contributed by atoms with Gasteiger partial charge in [-0.2, -0.15) is 0 Å². The van der Waals surface area contributed by atoms with Crippen molar-refractivity contribution in [3.63, 3.8) is 0 Å². The van der Waals surface area contributed by atoms with E-state index in [1.807, 2.05) is 4.90 Å². The van der Waals surface area contributed by atoms with Gasteiger partial charge in [-0.1, -0.05) is 48.2 Å². The van der Waals surface area contributed by atoms with Crippen molar-refractivity contribution in [2.24, 2.45) is 0 Å². The third-order valence-corrected chi connectivity index (χ3v) is 6.02. The molecule has 8 heteroatoms. The summed E-state index contributed by atoms with van der Waals surface area (Å²) >= 11 is 2.92. The Morgan fingerprint density at radius 1 is 1.36 bits per heavy atom. The van der Waals surface area contributed by atoms with Crippen LogP contribution in [0.2, 0.25) is 0 Å². The van der Waals surface area contributed by atoms with Crippen LogP contribution >= 0.6 is 23.1 Å². The molecular formula is C17H22N4O2S2. The Labute approximate surface area is 156 Å². The second kappa shape index (κ2) is 8.64. The molecule has 1 aromatic carbocycles. The van der Waals surface area contributed by atoms with Crippen molar-refractivity contribution in [3.05, 3.63) is 29.3 Å². The average Bonchev–Trinajstić information content (AvgIpc) is 3.09. The van der Waals surface area contributed by atoms with Gasteiger partial charge in [-0.25, -0.2) is 0 Å². The number of rotatable bonds is 6. The number of hydrogen-bond acceptors (Lipinski definition) is 7. The van der Waals surface area contributed by atoms with Crippen LogP contribution in [-0.2, 0) is 16.0 Å². The standard InChI is InChI=1S/C17H22N4O2S2/c1-3-13-6-4-5-12(2)15(13)18-16-19-20-17(25-16)24-11-14(22)21-7-9-23-10-8-21/h4-6H,3,7-11H2,1-2H3,(H,18,19). The Balaban J connectivity index is 1.58. The fourth-order valence-electron chi connectivity index (χ4n) is 2.66. The maximum absolute atomic E-state index is 12.2. The van der Waals surface area contributed by atoms with Crippen LogP contribution in [0.3, 0.4) is 0 Å². The third kappa shape index (κ3) is 4.71. The summed E-state index contributed by atoms with van der Waals surface area (Å²) in [4.78, 5) is 14.0. The molecule has 134 valence electrons. The van der Waals surface area contributed by atoms with E-state index >= 15 is 0 Å². The number of aryl methyl sites for hydroxylation is 2. The van der Waals surface area contributed by atoms with Crippen LogP contribution in [0, 0.1) is 6.92 Å². The van der Waals surface area contributed by atoms with Gasteiger partial charge in [0.05, 0.1) is 19.0 Å². The minimum atomic E-state index is 0.130.